The van der Waals surface area contributed by atoms with Gasteiger partial charge in [-0.15, -0.1) is 0 Å². The van der Waals surface area contributed by atoms with E-state index >= 15 is 0 Å². The van der Waals surface area contributed by atoms with Crippen molar-refractivity contribution in [3.8, 4) is 0 Å². The number of anilines is 2. The predicted molar refractivity (Wildman–Crippen MR) is 49.4 cm³/mol. The Kier molecular flexibility index (Phi) is 1.66. The normalized spacial score (nSPS) is 17.5. The fourth-order valence-electron chi connectivity index (χ4n) is 1.18. The van der Waals surface area contributed by atoms with Crippen molar-refractivity contribution in [2.45, 2.75) is 0 Å². The van der Waals surface area contributed by atoms with Crippen molar-refractivity contribution in [2.75, 3.05) is 10.6 Å². The molecule has 1 aliphatic rings. The summed E-state index contributed by atoms with van der Waals surface area (Å²) in [5.41, 5.74) is 1.65. The number of aliphatic hydroxyl groups is 1. The van der Waals surface area contributed by atoms with E-state index in [1.807, 2.05) is 18.2 Å². The first-order chi connectivity index (χ1) is 6.31. The van der Waals surface area contributed by atoms with E-state index in [0.717, 1.165) is 17.6 Å². The van der Waals surface area contributed by atoms with Gasteiger partial charge in [0.15, 0.2) is 0 Å². The third-order valence-corrected chi connectivity index (χ3v) is 1.82. The van der Waals surface area contributed by atoms with Crippen LogP contribution in [0.4, 0.5) is 11.4 Å². The third kappa shape index (κ3) is 1.22. The second kappa shape index (κ2) is 2.82. The summed E-state index contributed by atoms with van der Waals surface area (Å²) in [6, 6.07) is 7.28. The zero-order chi connectivity index (χ0) is 9.26. The topological polar surface area (TPSA) is 61.4 Å². The Bertz CT molecular complexity index is 385. The zero-order valence-electron chi connectivity index (χ0n) is 6.74. The van der Waals surface area contributed by atoms with Crippen LogP contribution < -0.4 is 10.6 Å². The molecule has 1 aliphatic heterocycles. The van der Waals surface area contributed by atoms with E-state index in [-0.39, 0.29) is 11.6 Å². The Balaban J connectivity index is 2.44. The average Bonchev–Trinajstić information content (AvgIpc) is 2.17. The van der Waals surface area contributed by atoms with E-state index in [1.54, 1.807) is 6.07 Å². The summed E-state index contributed by atoms with van der Waals surface area (Å²) in [7, 11) is 0. The average molecular weight is 176 g/mol. The van der Waals surface area contributed by atoms with Crippen LogP contribution in [0.15, 0.2) is 36.2 Å². The fraction of sp³-hybridized carbons (Fsp3) is 0. The summed E-state index contributed by atoms with van der Waals surface area (Å²) in [6.45, 7) is 0. The van der Waals surface area contributed by atoms with Crippen LogP contribution in [0.2, 0.25) is 0 Å². The molecule has 0 saturated heterocycles. The highest BCUT2D eigenvalue weighted by molar-refractivity contribution is 6.10. The molecule has 13 heavy (non-hydrogen) atoms. The minimum atomic E-state index is -0.332. The first kappa shape index (κ1) is 7.67. The zero-order valence-corrected chi connectivity index (χ0v) is 6.74. The van der Waals surface area contributed by atoms with Gasteiger partial charge in [-0.05, 0) is 12.1 Å². The fourth-order valence-corrected chi connectivity index (χ4v) is 1.18. The summed E-state index contributed by atoms with van der Waals surface area (Å²) in [6.07, 6.45) is 0.755. The number of hydrogen-bond donors (Lipinski definition) is 3. The van der Waals surface area contributed by atoms with Gasteiger partial charge >= 0.3 is 0 Å². The number of nitrogens with one attached hydrogen (secondary N) is 2. The van der Waals surface area contributed by atoms with Gasteiger partial charge in [-0.2, -0.15) is 0 Å². The molecule has 3 N–H and O–H groups in total. The van der Waals surface area contributed by atoms with Crippen LogP contribution in [-0.2, 0) is 4.79 Å². The van der Waals surface area contributed by atoms with Crippen molar-refractivity contribution in [1.29, 1.82) is 0 Å². The summed E-state index contributed by atoms with van der Waals surface area (Å²) < 4.78 is 0. The Hall–Kier alpha value is -1.97. The maximum absolute atomic E-state index is 11.2. The largest absolute Gasteiger partial charge is 0.513 e. The number of amides is 1. The summed E-state index contributed by atoms with van der Waals surface area (Å²) >= 11 is 0. The minimum Gasteiger partial charge on any atom is -0.513 e. The first-order valence-corrected chi connectivity index (χ1v) is 3.83. The molecule has 0 fully saturated rings. The molecular weight excluding hydrogens is 168 g/mol. The van der Waals surface area contributed by atoms with Gasteiger partial charge in [0, 0.05) is 0 Å². The molecule has 2 rings (SSSR count). The van der Waals surface area contributed by atoms with Gasteiger partial charge in [-0.1, -0.05) is 12.1 Å². The summed E-state index contributed by atoms with van der Waals surface area (Å²) in [5.74, 6) is -0.332. The first-order valence-electron chi connectivity index (χ1n) is 3.83. The maximum atomic E-state index is 11.2. The van der Waals surface area contributed by atoms with Crippen LogP contribution in [0.25, 0.3) is 0 Å². The summed E-state index contributed by atoms with van der Waals surface area (Å²) in [5, 5.41) is 14.1. The van der Waals surface area contributed by atoms with E-state index in [4.69, 9.17) is 5.11 Å². The Morgan fingerprint density at radius 1 is 1.15 bits per heavy atom. The second-order valence-electron chi connectivity index (χ2n) is 2.67. The lowest BCUT2D eigenvalue weighted by Crippen LogP contribution is -2.25. The van der Waals surface area contributed by atoms with Gasteiger partial charge in [0.2, 0.25) is 0 Å². The molecule has 0 radical (unpaired) electrons. The van der Waals surface area contributed by atoms with E-state index in [9.17, 15) is 4.79 Å². The van der Waals surface area contributed by atoms with E-state index < -0.39 is 0 Å². The summed E-state index contributed by atoms with van der Waals surface area (Å²) in [4.78, 5) is 11.2. The van der Waals surface area contributed by atoms with E-state index in [1.165, 1.54) is 0 Å². The Morgan fingerprint density at radius 3 is 2.38 bits per heavy atom. The maximum Gasteiger partial charge on any atom is 0.275 e. The Labute approximate surface area is 74.9 Å². The Morgan fingerprint density at radius 2 is 1.77 bits per heavy atom. The highest BCUT2D eigenvalue weighted by Crippen LogP contribution is 2.26. The van der Waals surface area contributed by atoms with Gasteiger partial charge in [-0.25, -0.2) is 0 Å². The molecule has 0 aliphatic carbocycles. The molecule has 0 unspecified atom stereocenters. The highest BCUT2D eigenvalue weighted by atomic mass is 16.2. The molecular formula is C9H8N2O2. The highest BCUT2D eigenvalue weighted by Gasteiger charge is 2.18. The van der Waals surface area contributed by atoms with E-state index in [0.29, 0.717) is 0 Å². The van der Waals surface area contributed by atoms with Crippen LogP contribution in [0.5, 0.6) is 0 Å². The van der Waals surface area contributed by atoms with Crippen LogP contribution in [-0.4, -0.2) is 11.0 Å². The number of carbonyl (C=O) groups is 1. The van der Waals surface area contributed by atoms with Gasteiger partial charge in [0.05, 0.1) is 11.4 Å². The molecule has 66 valence electrons. The van der Waals surface area contributed by atoms with E-state index in [2.05, 4.69) is 10.6 Å². The van der Waals surface area contributed by atoms with Gasteiger partial charge in [0.1, 0.15) is 12.0 Å². The number of aliphatic hydroxyl groups excluding tert-OH is 1. The third-order valence-electron chi connectivity index (χ3n) is 1.82. The van der Waals surface area contributed by atoms with Crippen molar-refractivity contribution in [3.63, 3.8) is 0 Å². The van der Waals surface area contributed by atoms with Crippen molar-refractivity contribution >= 4 is 17.3 Å². The molecule has 1 aromatic rings. The van der Waals surface area contributed by atoms with Crippen LogP contribution >= 0.6 is 0 Å². The number of para-hydroxylation sites is 2. The van der Waals surface area contributed by atoms with Crippen molar-refractivity contribution in [2.24, 2.45) is 0 Å². The van der Waals surface area contributed by atoms with Crippen molar-refractivity contribution < 1.29 is 9.90 Å². The quantitative estimate of drug-likeness (QED) is 0.414. The molecule has 1 heterocycles. The van der Waals surface area contributed by atoms with Gasteiger partial charge in [-0.3, -0.25) is 4.79 Å². The lowest BCUT2D eigenvalue weighted by molar-refractivity contribution is -0.112. The molecule has 0 bridgehead atoms. The molecule has 0 saturated carbocycles. The van der Waals surface area contributed by atoms with Crippen molar-refractivity contribution in [1.82, 2.24) is 0 Å². The predicted octanol–water partition coefficient (Wildman–Crippen LogP) is 1.45. The molecule has 0 atom stereocenters. The lowest BCUT2D eigenvalue weighted by atomic mass is 10.2. The molecule has 1 amide bonds. The monoisotopic (exact) mass is 176 g/mol. The number of carbonyl (C=O) groups excluding carboxylic acids is 1. The molecule has 4 nitrogen and oxygen atoms in total. The number of hydrogen-bond acceptors (Lipinski definition) is 3. The molecule has 0 aromatic heterocycles. The SMILES string of the molecule is O=C1Nc2ccccc2N/C1=C\O. The van der Waals surface area contributed by atoms with Crippen molar-refractivity contribution in [3.05, 3.63) is 36.2 Å². The van der Waals surface area contributed by atoms with Crippen LogP contribution in [0.1, 0.15) is 0 Å². The van der Waals surface area contributed by atoms with Crippen LogP contribution in [0.3, 0.4) is 0 Å². The minimum absolute atomic E-state index is 0.152. The molecule has 0 spiro atoms. The lowest BCUT2D eigenvalue weighted by Gasteiger charge is -2.19. The standard InChI is InChI=1S/C9H8N2O2/c12-5-8-9(13)11-7-4-2-1-3-6(7)10-8/h1-5,10,12H,(H,11,13)/b8-5-. The number of benzene rings is 1. The molecule has 4 heteroatoms. The van der Waals surface area contributed by atoms with Crippen LogP contribution in [0, 0.1) is 0 Å². The van der Waals surface area contributed by atoms with Gasteiger partial charge in [0.25, 0.3) is 5.91 Å². The number of fused-ring (bicyclic) bond motifs is 1. The second-order valence-corrected chi connectivity index (χ2v) is 2.67. The molecule has 1 aromatic carbocycles. The number of rotatable bonds is 0. The smallest absolute Gasteiger partial charge is 0.275 e. The van der Waals surface area contributed by atoms with Gasteiger partial charge < -0.3 is 15.7 Å².